The number of anilines is 1. The van der Waals surface area contributed by atoms with E-state index in [1.165, 1.54) is 18.3 Å². The van der Waals surface area contributed by atoms with Crippen LogP contribution >= 0.6 is 0 Å². The van der Waals surface area contributed by atoms with Crippen molar-refractivity contribution in [1.82, 2.24) is 20.2 Å². The van der Waals surface area contributed by atoms with Crippen molar-refractivity contribution in [2.24, 2.45) is 0 Å². The van der Waals surface area contributed by atoms with Crippen LogP contribution in [-0.4, -0.2) is 25.3 Å². The van der Waals surface area contributed by atoms with Crippen molar-refractivity contribution in [2.45, 2.75) is 18.8 Å². The highest BCUT2D eigenvalue weighted by molar-refractivity contribution is 6.09. The van der Waals surface area contributed by atoms with Gasteiger partial charge < -0.3 is 15.8 Å². The lowest BCUT2D eigenvalue weighted by molar-refractivity contribution is 0.458. The van der Waals surface area contributed by atoms with Gasteiger partial charge in [0.2, 0.25) is 5.88 Å². The maximum Gasteiger partial charge on any atom is 0.272 e. The van der Waals surface area contributed by atoms with E-state index in [-0.39, 0.29) is 17.1 Å². The molecule has 1 aliphatic carbocycles. The molecule has 7 nitrogen and oxygen atoms in total. The number of aromatic nitrogens is 4. The van der Waals surface area contributed by atoms with Gasteiger partial charge in [0.1, 0.15) is 17.0 Å². The summed E-state index contributed by atoms with van der Waals surface area (Å²) in [6.07, 6.45) is 3.48. The lowest BCUT2D eigenvalue weighted by Crippen LogP contribution is -2.14. The normalized spacial score (nSPS) is 14.3. The van der Waals surface area contributed by atoms with Gasteiger partial charge in [0, 0.05) is 22.6 Å². The first-order valence-electron chi connectivity index (χ1n) is 8.22. The number of fused-ring (bicyclic) bond motifs is 2. The molecule has 0 bridgehead atoms. The molecule has 26 heavy (non-hydrogen) atoms. The minimum Gasteiger partial charge on any atom is -0.493 e. The maximum absolute atomic E-state index is 14.0. The quantitative estimate of drug-likeness (QED) is 0.442. The zero-order chi connectivity index (χ0) is 18.0. The lowest BCUT2D eigenvalue weighted by atomic mass is 9.97. The number of nitrogen functional groups attached to an aromatic ring is 1. The summed E-state index contributed by atoms with van der Waals surface area (Å²) in [5, 5.41) is 17.9. The molecule has 0 aliphatic heterocycles. The SMILES string of the molecule is Nc1c(-c2ccc(F)c3[nH]ncc23)c2c(O)nc(C3CC3)cc2[nH]c1=O. The van der Waals surface area contributed by atoms with Crippen LogP contribution in [0.3, 0.4) is 0 Å². The van der Waals surface area contributed by atoms with Crippen LogP contribution in [0.2, 0.25) is 0 Å². The van der Waals surface area contributed by atoms with Gasteiger partial charge in [-0.3, -0.25) is 9.89 Å². The summed E-state index contributed by atoms with van der Waals surface area (Å²) in [5.41, 5.74) is 7.74. The van der Waals surface area contributed by atoms with Gasteiger partial charge in [-0.05, 0) is 30.5 Å². The fourth-order valence-electron chi connectivity index (χ4n) is 3.42. The molecule has 8 heteroatoms. The molecule has 0 atom stereocenters. The lowest BCUT2D eigenvalue weighted by Gasteiger charge is -2.13. The Labute approximate surface area is 145 Å². The molecule has 1 aliphatic rings. The number of H-pyrrole nitrogens is 2. The highest BCUT2D eigenvalue weighted by Gasteiger charge is 2.27. The number of hydrogen-bond acceptors (Lipinski definition) is 5. The van der Waals surface area contributed by atoms with E-state index in [9.17, 15) is 14.3 Å². The van der Waals surface area contributed by atoms with Crippen molar-refractivity contribution in [3.63, 3.8) is 0 Å². The van der Waals surface area contributed by atoms with Crippen LogP contribution in [0, 0.1) is 5.82 Å². The number of nitrogens with two attached hydrogens (primary N) is 1. The minimum absolute atomic E-state index is 0.0668. The Morgan fingerprint density at radius 2 is 2.12 bits per heavy atom. The van der Waals surface area contributed by atoms with Crippen molar-refractivity contribution in [1.29, 1.82) is 0 Å². The summed E-state index contributed by atoms with van der Waals surface area (Å²) in [4.78, 5) is 19.4. The van der Waals surface area contributed by atoms with Gasteiger partial charge in [-0.15, -0.1) is 0 Å². The number of rotatable bonds is 2. The summed E-state index contributed by atoms with van der Waals surface area (Å²) in [6, 6.07) is 4.56. The molecule has 4 aromatic rings. The third kappa shape index (κ3) is 2.01. The van der Waals surface area contributed by atoms with Crippen LogP contribution < -0.4 is 11.3 Å². The molecule has 0 unspecified atom stereocenters. The van der Waals surface area contributed by atoms with Crippen LogP contribution in [0.5, 0.6) is 5.88 Å². The van der Waals surface area contributed by atoms with Gasteiger partial charge in [0.15, 0.2) is 0 Å². The number of aromatic hydroxyl groups is 1. The first-order valence-corrected chi connectivity index (χ1v) is 8.22. The molecule has 5 N–H and O–H groups in total. The van der Waals surface area contributed by atoms with Gasteiger partial charge in [-0.25, -0.2) is 9.37 Å². The van der Waals surface area contributed by atoms with E-state index in [0.29, 0.717) is 33.3 Å². The third-order valence-electron chi connectivity index (χ3n) is 4.86. The predicted molar refractivity (Wildman–Crippen MR) is 95.5 cm³/mol. The molecule has 0 spiro atoms. The second-order valence-corrected chi connectivity index (χ2v) is 6.56. The van der Waals surface area contributed by atoms with Crippen molar-refractivity contribution >= 4 is 27.5 Å². The van der Waals surface area contributed by atoms with Crippen LogP contribution in [-0.2, 0) is 0 Å². The van der Waals surface area contributed by atoms with E-state index < -0.39 is 11.4 Å². The molecular formula is C18H14FN5O2. The van der Waals surface area contributed by atoms with Crippen LogP contribution in [0.15, 0.2) is 29.2 Å². The Bertz CT molecular complexity index is 1260. The molecule has 0 saturated heterocycles. The fourth-order valence-corrected chi connectivity index (χ4v) is 3.42. The van der Waals surface area contributed by atoms with Gasteiger partial charge in [-0.2, -0.15) is 5.10 Å². The highest BCUT2D eigenvalue weighted by atomic mass is 19.1. The molecule has 1 fully saturated rings. The second-order valence-electron chi connectivity index (χ2n) is 6.56. The topological polar surface area (TPSA) is 121 Å². The summed E-state index contributed by atoms with van der Waals surface area (Å²) in [7, 11) is 0. The maximum atomic E-state index is 14.0. The van der Waals surface area contributed by atoms with Crippen LogP contribution in [0.4, 0.5) is 10.1 Å². The number of halogens is 1. The Kier molecular flexibility index (Phi) is 2.89. The van der Waals surface area contributed by atoms with E-state index in [0.717, 1.165) is 18.5 Å². The van der Waals surface area contributed by atoms with E-state index in [2.05, 4.69) is 20.2 Å². The number of nitrogens with zero attached hydrogens (tertiary/aromatic N) is 2. The van der Waals surface area contributed by atoms with Crippen molar-refractivity contribution in [3.05, 3.63) is 46.3 Å². The third-order valence-corrected chi connectivity index (χ3v) is 4.86. The second kappa shape index (κ2) is 5.04. The van der Waals surface area contributed by atoms with E-state index in [1.807, 2.05) is 0 Å². The molecular weight excluding hydrogens is 337 g/mol. The predicted octanol–water partition coefficient (Wildman–Crippen LogP) is 2.77. The molecule has 5 rings (SSSR count). The molecule has 130 valence electrons. The Balaban J connectivity index is 1.92. The number of nitrogens with one attached hydrogen (secondary N) is 2. The first kappa shape index (κ1) is 14.9. The molecule has 3 heterocycles. The highest BCUT2D eigenvalue weighted by Crippen LogP contribution is 2.43. The molecule has 0 amide bonds. The fraction of sp³-hybridized carbons (Fsp3) is 0.167. The summed E-state index contributed by atoms with van der Waals surface area (Å²) in [6.45, 7) is 0. The molecule has 0 radical (unpaired) electrons. The standard InChI is InChI=1S/C18H14FN5O2/c19-10-4-3-8(9-6-21-24-16(9)10)13-14-12(23-18(26)15(13)20)5-11(7-1-2-7)22-17(14)25/h3-7H,1-2,20H2,(H,21,24)(H,22,25)(H,23,26). The number of pyridine rings is 2. The first-order chi connectivity index (χ1) is 12.5. The zero-order valence-electron chi connectivity index (χ0n) is 13.5. The van der Waals surface area contributed by atoms with E-state index >= 15 is 0 Å². The van der Waals surface area contributed by atoms with Gasteiger partial charge >= 0.3 is 0 Å². The monoisotopic (exact) mass is 351 g/mol. The van der Waals surface area contributed by atoms with Crippen molar-refractivity contribution < 1.29 is 9.50 Å². The largest absolute Gasteiger partial charge is 0.493 e. The van der Waals surface area contributed by atoms with Crippen molar-refractivity contribution in [2.75, 3.05) is 5.73 Å². The summed E-state index contributed by atoms with van der Waals surface area (Å²) in [5.74, 6) is -0.364. The smallest absolute Gasteiger partial charge is 0.272 e. The van der Waals surface area contributed by atoms with Crippen LogP contribution in [0.25, 0.3) is 32.9 Å². The molecule has 3 aromatic heterocycles. The van der Waals surface area contributed by atoms with Crippen molar-refractivity contribution in [3.8, 4) is 17.0 Å². The van der Waals surface area contributed by atoms with Gasteiger partial charge in [0.05, 0.1) is 17.1 Å². The molecule has 1 aromatic carbocycles. The van der Waals surface area contributed by atoms with Gasteiger partial charge in [0.25, 0.3) is 5.56 Å². The van der Waals surface area contributed by atoms with Crippen LogP contribution in [0.1, 0.15) is 24.5 Å². The number of hydrogen-bond donors (Lipinski definition) is 4. The number of aromatic amines is 2. The zero-order valence-corrected chi connectivity index (χ0v) is 13.5. The Morgan fingerprint density at radius 3 is 2.88 bits per heavy atom. The van der Waals surface area contributed by atoms with E-state index in [4.69, 9.17) is 5.73 Å². The average molecular weight is 351 g/mol. The molecule has 1 saturated carbocycles. The summed E-state index contributed by atoms with van der Waals surface area (Å²) < 4.78 is 14.0. The Morgan fingerprint density at radius 1 is 1.31 bits per heavy atom. The van der Waals surface area contributed by atoms with Gasteiger partial charge in [-0.1, -0.05) is 6.07 Å². The Hall–Kier alpha value is -3.42. The van der Waals surface area contributed by atoms with E-state index in [1.54, 1.807) is 6.07 Å². The average Bonchev–Trinajstić information content (AvgIpc) is 3.34. The number of benzene rings is 1. The summed E-state index contributed by atoms with van der Waals surface area (Å²) >= 11 is 0. The minimum atomic E-state index is -0.471.